The van der Waals surface area contributed by atoms with Crippen LogP contribution in [0.3, 0.4) is 0 Å². The zero-order chi connectivity index (χ0) is 14.5. The molecule has 1 N–H and O–H groups in total. The van der Waals surface area contributed by atoms with Crippen LogP contribution in [-0.4, -0.2) is 12.5 Å². The molecule has 0 atom stereocenters. The molecule has 0 fully saturated rings. The lowest BCUT2D eigenvalue weighted by atomic mass is 10.2. The second-order valence-electron chi connectivity index (χ2n) is 3.84. The van der Waals surface area contributed by atoms with E-state index in [1.54, 1.807) is 12.1 Å². The van der Waals surface area contributed by atoms with Gasteiger partial charge in [-0.05, 0) is 52.9 Å². The number of hydrogen-bond donors (Lipinski definition) is 1. The second kappa shape index (κ2) is 6.65. The lowest BCUT2D eigenvalue weighted by Gasteiger charge is -2.09. The Kier molecular flexibility index (Phi) is 4.89. The smallest absolute Gasteiger partial charge is 0.387 e. The van der Waals surface area contributed by atoms with Crippen LogP contribution in [0.5, 0.6) is 5.75 Å². The highest BCUT2D eigenvalue weighted by molar-refractivity contribution is 14.1. The summed E-state index contributed by atoms with van der Waals surface area (Å²) in [5.74, 6) is -0.427. The number of hydrogen-bond acceptors (Lipinski definition) is 2. The van der Waals surface area contributed by atoms with Crippen molar-refractivity contribution in [3.05, 3.63) is 57.7 Å². The van der Waals surface area contributed by atoms with Crippen LogP contribution < -0.4 is 10.1 Å². The van der Waals surface area contributed by atoms with Crippen molar-refractivity contribution in [2.75, 3.05) is 5.32 Å². The number of alkyl halides is 2. The molecule has 0 heterocycles. The highest BCUT2D eigenvalue weighted by Crippen LogP contribution is 2.20. The number of para-hydroxylation sites is 1. The summed E-state index contributed by atoms with van der Waals surface area (Å²) in [4.78, 5) is 12.0. The van der Waals surface area contributed by atoms with Crippen molar-refractivity contribution in [3.63, 3.8) is 0 Å². The SMILES string of the molecule is O=C(Nc1ccccc1I)c1cccc(OC(F)F)c1. The van der Waals surface area contributed by atoms with Gasteiger partial charge in [-0.2, -0.15) is 8.78 Å². The van der Waals surface area contributed by atoms with Gasteiger partial charge >= 0.3 is 6.61 Å². The molecule has 3 nitrogen and oxygen atoms in total. The third-order valence-electron chi connectivity index (χ3n) is 2.44. The maximum Gasteiger partial charge on any atom is 0.387 e. The molecule has 0 aliphatic rings. The molecule has 2 aromatic rings. The predicted octanol–water partition coefficient (Wildman–Crippen LogP) is 4.14. The normalized spacial score (nSPS) is 10.4. The van der Waals surface area contributed by atoms with Crippen LogP contribution >= 0.6 is 22.6 Å². The fourth-order valence-electron chi connectivity index (χ4n) is 1.57. The third-order valence-corrected chi connectivity index (χ3v) is 3.38. The molecule has 0 saturated carbocycles. The number of halogens is 3. The topological polar surface area (TPSA) is 38.3 Å². The van der Waals surface area contributed by atoms with Crippen LogP contribution in [0.2, 0.25) is 0 Å². The lowest BCUT2D eigenvalue weighted by molar-refractivity contribution is -0.0498. The Hall–Kier alpha value is -1.70. The van der Waals surface area contributed by atoms with E-state index in [9.17, 15) is 13.6 Å². The highest BCUT2D eigenvalue weighted by atomic mass is 127. The summed E-state index contributed by atoms with van der Waals surface area (Å²) in [5.41, 5.74) is 0.918. The van der Waals surface area contributed by atoms with Gasteiger partial charge in [0.2, 0.25) is 0 Å². The molecule has 1 amide bonds. The molecular weight excluding hydrogens is 379 g/mol. The molecule has 20 heavy (non-hydrogen) atoms. The van der Waals surface area contributed by atoms with E-state index in [1.807, 2.05) is 12.1 Å². The Morgan fingerprint density at radius 3 is 2.60 bits per heavy atom. The molecule has 0 aliphatic carbocycles. The van der Waals surface area contributed by atoms with Crippen molar-refractivity contribution >= 4 is 34.2 Å². The van der Waals surface area contributed by atoms with Crippen LogP contribution in [0.25, 0.3) is 0 Å². The molecule has 2 aromatic carbocycles. The van der Waals surface area contributed by atoms with Crippen LogP contribution in [-0.2, 0) is 0 Å². The Labute approximate surface area is 128 Å². The van der Waals surface area contributed by atoms with Gasteiger partial charge in [0.25, 0.3) is 5.91 Å². The number of anilines is 1. The minimum Gasteiger partial charge on any atom is -0.435 e. The molecule has 0 aliphatic heterocycles. The quantitative estimate of drug-likeness (QED) is 0.799. The van der Waals surface area contributed by atoms with E-state index in [2.05, 4.69) is 32.6 Å². The van der Waals surface area contributed by atoms with Crippen molar-refractivity contribution in [1.29, 1.82) is 0 Å². The first-order chi connectivity index (χ1) is 9.56. The molecule has 6 heteroatoms. The molecule has 0 saturated heterocycles. The summed E-state index contributed by atoms with van der Waals surface area (Å²) in [7, 11) is 0. The summed E-state index contributed by atoms with van der Waals surface area (Å²) in [6.07, 6.45) is 0. The van der Waals surface area contributed by atoms with Crippen LogP contribution in [0.1, 0.15) is 10.4 Å². The number of carbonyl (C=O) groups excluding carboxylic acids is 1. The largest absolute Gasteiger partial charge is 0.435 e. The minimum atomic E-state index is -2.91. The summed E-state index contributed by atoms with van der Waals surface area (Å²) in [6, 6.07) is 12.9. The van der Waals surface area contributed by atoms with E-state index in [4.69, 9.17) is 0 Å². The average Bonchev–Trinajstić information content (AvgIpc) is 2.41. The molecule has 0 bridgehead atoms. The number of nitrogens with one attached hydrogen (secondary N) is 1. The average molecular weight is 389 g/mol. The molecule has 2 rings (SSSR count). The molecule has 0 aromatic heterocycles. The zero-order valence-electron chi connectivity index (χ0n) is 10.1. The standard InChI is InChI=1S/C14H10F2INO2/c15-14(16)20-10-5-3-4-9(8-10)13(19)18-12-7-2-1-6-11(12)17/h1-8,14H,(H,18,19). The Balaban J connectivity index is 2.15. The van der Waals surface area contributed by atoms with Crippen molar-refractivity contribution < 1.29 is 18.3 Å². The number of benzene rings is 2. The summed E-state index contributed by atoms with van der Waals surface area (Å²) >= 11 is 2.10. The molecule has 0 spiro atoms. The molecule has 104 valence electrons. The number of carbonyl (C=O) groups is 1. The van der Waals surface area contributed by atoms with Gasteiger partial charge in [-0.1, -0.05) is 18.2 Å². The first kappa shape index (κ1) is 14.7. The summed E-state index contributed by atoms with van der Waals surface area (Å²) < 4.78 is 29.4. The summed E-state index contributed by atoms with van der Waals surface area (Å²) in [6.45, 7) is -2.91. The number of amides is 1. The monoisotopic (exact) mass is 389 g/mol. The van der Waals surface area contributed by atoms with Crippen molar-refractivity contribution in [3.8, 4) is 5.75 Å². The van der Waals surface area contributed by atoms with Crippen molar-refractivity contribution in [2.45, 2.75) is 6.61 Å². The third kappa shape index (κ3) is 3.89. The van der Waals surface area contributed by atoms with Gasteiger partial charge in [0.15, 0.2) is 0 Å². The van der Waals surface area contributed by atoms with E-state index in [0.29, 0.717) is 5.69 Å². The van der Waals surface area contributed by atoms with Gasteiger partial charge in [-0.15, -0.1) is 0 Å². The minimum absolute atomic E-state index is 0.0459. The predicted molar refractivity (Wildman–Crippen MR) is 80.2 cm³/mol. The first-order valence-electron chi connectivity index (χ1n) is 5.67. The van der Waals surface area contributed by atoms with Crippen LogP contribution in [0.4, 0.5) is 14.5 Å². The number of ether oxygens (including phenoxy) is 1. The molecule has 0 radical (unpaired) electrons. The van der Waals surface area contributed by atoms with E-state index in [0.717, 1.165) is 3.57 Å². The highest BCUT2D eigenvalue weighted by Gasteiger charge is 2.10. The Morgan fingerprint density at radius 2 is 1.90 bits per heavy atom. The van der Waals surface area contributed by atoms with E-state index in [-0.39, 0.29) is 17.2 Å². The van der Waals surface area contributed by atoms with Gasteiger partial charge in [-0.25, -0.2) is 0 Å². The van der Waals surface area contributed by atoms with E-state index < -0.39 is 6.61 Å². The van der Waals surface area contributed by atoms with Gasteiger partial charge in [0.1, 0.15) is 5.75 Å². The van der Waals surface area contributed by atoms with Crippen molar-refractivity contribution in [1.82, 2.24) is 0 Å². The molecular formula is C14H10F2INO2. The van der Waals surface area contributed by atoms with Gasteiger partial charge in [-0.3, -0.25) is 4.79 Å². The lowest BCUT2D eigenvalue weighted by Crippen LogP contribution is -2.13. The van der Waals surface area contributed by atoms with Crippen LogP contribution in [0.15, 0.2) is 48.5 Å². The van der Waals surface area contributed by atoms with Gasteiger partial charge in [0.05, 0.1) is 5.69 Å². The Bertz CT molecular complexity index is 620. The van der Waals surface area contributed by atoms with Crippen LogP contribution in [0, 0.1) is 3.57 Å². The maximum absolute atomic E-state index is 12.1. The zero-order valence-corrected chi connectivity index (χ0v) is 12.3. The summed E-state index contributed by atoms with van der Waals surface area (Å²) in [5, 5.41) is 2.72. The molecule has 0 unspecified atom stereocenters. The van der Waals surface area contributed by atoms with Crippen molar-refractivity contribution in [2.24, 2.45) is 0 Å². The van der Waals surface area contributed by atoms with E-state index >= 15 is 0 Å². The fraction of sp³-hybridized carbons (Fsp3) is 0.0714. The van der Waals surface area contributed by atoms with Gasteiger partial charge in [0, 0.05) is 9.13 Å². The van der Waals surface area contributed by atoms with E-state index in [1.165, 1.54) is 24.3 Å². The number of rotatable bonds is 4. The first-order valence-corrected chi connectivity index (χ1v) is 6.75. The van der Waals surface area contributed by atoms with Gasteiger partial charge < -0.3 is 10.1 Å². The maximum atomic E-state index is 12.1. The second-order valence-corrected chi connectivity index (χ2v) is 5.00. The fourth-order valence-corrected chi connectivity index (χ4v) is 2.09. The Morgan fingerprint density at radius 1 is 1.15 bits per heavy atom.